The van der Waals surface area contributed by atoms with E-state index in [1.807, 2.05) is 0 Å². The van der Waals surface area contributed by atoms with E-state index in [9.17, 15) is 0 Å². The Hall–Kier alpha value is -1.69. The number of aromatic nitrogens is 4. The molecule has 6 heteroatoms. The maximum absolute atomic E-state index is 4.38. The van der Waals surface area contributed by atoms with Crippen LogP contribution in [0.4, 0.5) is 5.82 Å². The van der Waals surface area contributed by atoms with Gasteiger partial charge in [0.15, 0.2) is 11.5 Å². The summed E-state index contributed by atoms with van der Waals surface area (Å²) in [7, 11) is 0. The molecule has 3 rings (SSSR count). The van der Waals surface area contributed by atoms with Crippen LogP contribution in [0.2, 0.25) is 0 Å². The molecule has 2 N–H and O–H groups in total. The molecule has 1 fully saturated rings. The van der Waals surface area contributed by atoms with Crippen LogP contribution in [0.25, 0.3) is 11.2 Å². The Labute approximate surface area is 99.5 Å². The van der Waals surface area contributed by atoms with Crippen molar-refractivity contribution in [2.24, 2.45) is 0 Å². The average molecular weight is 232 g/mol. The van der Waals surface area contributed by atoms with E-state index < -0.39 is 0 Å². The monoisotopic (exact) mass is 232 g/mol. The highest BCUT2D eigenvalue weighted by molar-refractivity contribution is 5.82. The van der Waals surface area contributed by atoms with E-state index in [1.54, 1.807) is 12.7 Å². The lowest BCUT2D eigenvalue weighted by atomic mass is 10.0. The second kappa shape index (κ2) is 3.66. The van der Waals surface area contributed by atoms with Gasteiger partial charge in [-0.3, -0.25) is 0 Å². The largest absolute Gasteiger partial charge is 0.352 e. The van der Waals surface area contributed by atoms with Crippen molar-refractivity contribution in [3.8, 4) is 0 Å². The molecule has 0 radical (unpaired) electrons. The fraction of sp³-hybridized carbons (Fsp3) is 0.545. The van der Waals surface area contributed by atoms with E-state index in [4.69, 9.17) is 0 Å². The molecule has 1 saturated heterocycles. The summed E-state index contributed by atoms with van der Waals surface area (Å²) in [5.74, 6) is 0.946. The maximum atomic E-state index is 4.38. The molecular weight excluding hydrogens is 216 g/mol. The van der Waals surface area contributed by atoms with E-state index in [0.717, 1.165) is 36.6 Å². The molecule has 0 unspecified atom stereocenters. The molecule has 0 aromatic carbocycles. The molecule has 1 aliphatic rings. The van der Waals surface area contributed by atoms with Gasteiger partial charge in [-0.1, -0.05) is 0 Å². The third-order valence-electron chi connectivity index (χ3n) is 3.07. The van der Waals surface area contributed by atoms with E-state index in [2.05, 4.69) is 44.0 Å². The second-order valence-electron chi connectivity index (χ2n) is 5.03. The molecule has 6 nitrogen and oxygen atoms in total. The summed E-state index contributed by atoms with van der Waals surface area (Å²) < 4.78 is 0. The molecule has 3 heterocycles. The Kier molecular flexibility index (Phi) is 2.25. The molecule has 2 aromatic rings. The number of H-pyrrole nitrogens is 1. The summed E-state index contributed by atoms with van der Waals surface area (Å²) in [5, 5.41) is 3.49. The number of hydrogen-bond donors (Lipinski definition) is 2. The first-order chi connectivity index (χ1) is 8.16. The van der Waals surface area contributed by atoms with Crippen LogP contribution in [0.15, 0.2) is 12.7 Å². The number of nitrogens with one attached hydrogen (secondary N) is 2. The van der Waals surface area contributed by atoms with Gasteiger partial charge in [-0.2, -0.15) is 0 Å². The van der Waals surface area contributed by atoms with Gasteiger partial charge in [0.2, 0.25) is 0 Å². The van der Waals surface area contributed by atoms with Gasteiger partial charge in [-0.15, -0.1) is 0 Å². The molecule has 0 saturated carbocycles. The fourth-order valence-electron chi connectivity index (χ4n) is 2.31. The van der Waals surface area contributed by atoms with Gasteiger partial charge in [0.1, 0.15) is 11.8 Å². The summed E-state index contributed by atoms with van der Waals surface area (Å²) >= 11 is 0. The lowest BCUT2D eigenvalue weighted by Gasteiger charge is -2.39. The van der Waals surface area contributed by atoms with Crippen molar-refractivity contribution in [3.05, 3.63) is 12.7 Å². The fourth-order valence-corrected chi connectivity index (χ4v) is 2.31. The first-order valence-electron chi connectivity index (χ1n) is 5.80. The van der Waals surface area contributed by atoms with Gasteiger partial charge >= 0.3 is 0 Å². The molecule has 0 bridgehead atoms. The van der Waals surface area contributed by atoms with Crippen LogP contribution in [0.3, 0.4) is 0 Å². The van der Waals surface area contributed by atoms with Gasteiger partial charge in [-0.05, 0) is 13.8 Å². The number of hydrogen-bond acceptors (Lipinski definition) is 5. The van der Waals surface area contributed by atoms with Crippen molar-refractivity contribution < 1.29 is 0 Å². The number of imidazole rings is 1. The molecular formula is C11H16N6. The lowest BCUT2D eigenvalue weighted by molar-refractivity contribution is 0.352. The maximum Gasteiger partial charge on any atom is 0.182 e. The Balaban J connectivity index is 2.00. The summed E-state index contributed by atoms with van der Waals surface area (Å²) in [6, 6.07) is 0. The van der Waals surface area contributed by atoms with Crippen LogP contribution >= 0.6 is 0 Å². The van der Waals surface area contributed by atoms with Crippen molar-refractivity contribution in [2.75, 3.05) is 24.5 Å². The minimum absolute atomic E-state index is 0.107. The number of rotatable bonds is 1. The number of fused-ring (bicyclic) bond motifs is 1. The minimum Gasteiger partial charge on any atom is -0.352 e. The number of anilines is 1. The van der Waals surface area contributed by atoms with Crippen LogP contribution in [0.1, 0.15) is 13.8 Å². The summed E-state index contributed by atoms with van der Waals surface area (Å²) in [5.41, 5.74) is 1.76. The topological polar surface area (TPSA) is 69.7 Å². The van der Waals surface area contributed by atoms with Crippen LogP contribution in [-0.2, 0) is 0 Å². The number of piperazine rings is 1. The van der Waals surface area contributed by atoms with Crippen LogP contribution in [0, 0.1) is 0 Å². The zero-order valence-corrected chi connectivity index (χ0v) is 10.1. The molecule has 1 aliphatic heterocycles. The minimum atomic E-state index is 0.107. The van der Waals surface area contributed by atoms with Gasteiger partial charge < -0.3 is 15.2 Å². The zero-order chi connectivity index (χ0) is 11.9. The molecule has 2 aromatic heterocycles. The van der Waals surface area contributed by atoms with Crippen molar-refractivity contribution in [1.29, 1.82) is 0 Å². The predicted octanol–water partition coefficient (Wildman–Crippen LogP) is 0.541. The smallest absolute Gasteiger partial charge is 0.182 e. The molecule has 0 atom stereocenters. The number of nitrogens with zero attached hydrogens (tertiary/aromatic N) is 4. The van der Waals surface area contributed by atoms with Crippen molar-refractivity contribution in [3.63, 3.8) is 0 Å². The van der Waals surface area contributed by atoms with Gasteiger partial charge in [0.05, 0.1) is 6.33 Å². The van der Waals surface area contributed by atoms with Crippen LogP contribution in [-0.4, -0.2) is 45.1 Å². The highest BCUT2D eigenvalue weighted by atomic mass is 15.3. The normalized spacial score (nSPS) is 19.8. The first-order valence-corrected chi connectivity index (χ1v) is 5.80. The van der Waals surface area contributed by atoms with Crippen LogP contribution < -0.4 is 10.2 Å². The second-order valence-corrected chi connectivity index (χ2v) is 5.03. The van der Waals surface area contributed by atoms with Gasteiger partial charge in [0, 0.05) is 25.2 Å². The van der Waals surface area contributed by atoms with Gasteiger partial charge in [0.25, 0.3) is 0 Å². The quantitative estimate of drug-likeness (QED) is 0.751. The molecule has 17 heavy (non-hydrogen) atoms. The third-order valence-corrected chi connectivity index (χ3v) is 3.07. The summed E-state index contributed by atoms with van der Waals surface area (Å²) in [6.07, 6.45) is 3.24. The zero-order valence-electron chi connectivity index (χ0n) is 10.1. The Morgan fingerprint density at radius 2 is 2.18 bits per heavy atom. The average Bonchev–Trinajstić information content (AvgIpc) is 2.75. The SMILES string of the molecule is CC1(C)CN(c2ncnc3nc[nH]c23)CCN1. The highest BCUT2D eigenvalue weighted by Gasteiger charge is 2.27. The Bertz CT molecular complexity index is 531. The van der Waals surface area contributed by atoms with Crippen molar-refractivity contribution >= 4 is 17.0 Å². The van der Waals surface area contributed by atoms with E-state index in [-0.39, 0.29) is 5.54 Å². The predicted molar refractivity (Wildman–Crippen MR) is 66.0 cm³/mol. The van der Waals surface area contributed by atoms with Gasteiger partial charge in [-0.25, -0.2) is 15.0 Å². The van der Waals surface area contributed by atoms with Crippen molar-refractivity contribution in [1.82, 2.24) is 25.3 Å². The van der Waals surface area contributed by atoms with Crippen LogP contribution in [0.5, 0.6) is 0 Å². The molecule has 90 valence electrons. The molecule has 0 spiro atoms. The third kappa shape index (κ3) is 1.84. The molecule has 0 amide bonds. The van der Waals surface area contributed by atoms with E-state index in [1.165, 1.54) is 0 Å². The highest BCUT2D eigenvalue weighted by Crippen LogP contribution is 2.22. The first kappa shape index (κ1) is 10.5. The molecule has 0 aliphatic carbocycles. The Morgan fingerprint density at radius 3 is 3.00 bits per heavy atom. The Morgan fingerprint density at radius 1 is 1.29 bits per heavy atom. The standard InChI is InChI=1S/C11H16N6/c1-11(2)5-17(4-3-16-11)10-8-9(13-6-12-8)14-7-15-10/h6-7,16H,3-5H2,1-2H3,(H,12,13,14,15). The van der Waals surface area contributed by atoms with E-state index in [0.29, 0.717) is 0 Å². The van der Waals surface area contributed by atoms with Crippen molar-refractivity contribution in [2.45, 2.75) is 19.4 Å². The lowest BCUT2D eigenvalue weighted by Crippen LogP contribution is -2.57. The summed E-state index contributed by atoms with van der Waals surface area (Å²) in [6.45, 7) is 7.24. The van der Waals surface area contributed by atoms with E-state index >= 15 is 0 Å². The summed E-state index contributed by atoms with van der Waals surface area (Å²) in [4.78, 5) is 18.1. The number of aromatic amines is 1.